The molecule has 8 heteroatoms. The second kappa shape index (κ2) is 7.18. The molecule has 0 amide bonds. The van der Waals surface area contributed by atoms with Crippen molar-refractivity contribution in [2.24, 2.45) is 0 Å². The summed E-state index contributed by atoms with van der Waals surface area (Å²) in [6.45, 7) is 1.23. The fraction of sp³-hybridized carbons (Fsp3) is 0.421. The smallest absolute Gasteiger partial charge is 0.243 e. The molecule has 2 aliphatic heterocycles. The molecule has 0 saturated carbocycles. The van der Waals surface area contributed by atoms with Gasteiger partial charge in [-0.1, -0.05) is 0 Å². The molecule has 0 aliphatic carbocycles. The van der Waals surface area contributed by atoms with Crippen molar-refractivity contribution in [3.05, 3.63) is 54.6 Å². The van der Waals surface area contributed by atoms with E-state index in [2.05, 4.69) is 4.98 Å². The summed E-state index contributed by atoms with van der Waals surface area (Å²) in [5.74, 6) is 0.255. The molecule has 4 rings (SSSR count). The Labute approximate surface area is 158 Å². The van der Waals surface area contributed by atoms with Gasteiger partial charge in [-0.2, -0.15) is 4.31 Å². The Morgan fingerprint density at radius 3 is 2.59 bits per heavy atom. The molecule has 6 nitrogen and oxygen atoms in total. The van der Waals surface area contributed by atoms with Gasteiger partial charge in [0.1, 0.15) is 17.7 Å². The first-order valence-electron chi connectivity index (χ1n) is 8.93. The van der Waals surface area contributed by atoms with E-state index in [4.69, 9.17) is 9.47 Å². The number of aromatic nitrogens is 1. The predicted molar refractivity (Wildman–Crippen MR) is 96.3 cm³/mol. The maximum Gasteiger partial charge on any atom is 0.243 e. The highest BCUT2D eigenvalue weighted by molar-refractivity contribution is 7.89. The van der Waals surface area contributed by atoms with Crippen LogP contribution >= 0.6 is 0 Å². The van der Waals surface area contributed by atoms with Crippen LogP contribution in [0.3, 0.4) is 0 Å². The highest BCUT2D eigenvalue weighted by atomic mass is 32.2. The van der Waals surface area contributed by atoms with Crippen LogP contribution < -0.4 is 4.74 Å². The van der Waals surface area contributed by atoms with Gasteiger partial charge in [-0.15, -0.1) is 0 Å². The van der Waals surface area contributed by atoms with E-state index in [-0.39, 0.29) is 16.6 Å². The van der Waals surface area contributed by atoms with Gasteiger partial charge in [-0.25, -0.2) is 12.8 Å². The van der Waals surface area contributed by atoms with Gasteiger partial charge in [0.25, 0.3) is 0 Å². The lowest BCUT2D eigenvalue weighted by atomic mass is 9.89. The number of hydrogen-bond acceptors (Lipinski definition) is 5. The molecule has 3 heterocycles. The quantitative estimate of drug-likeness (QED) is 0.800. The summed E-state index contributed by atoms with van der Waals surface area (Å²) in [5, 5.41) is 0. The Hall–Kier alpha value is -2.03. The Morgan fingerprint density at radius 2 is 1.93 bits per heavy atom. The largest absolute Gasteiger partial charge is 0.486 e. The average Bonchev–Trinajstić information content (AvgIpc) is 3.05. The van der Waals surface area contributed by atoms with E-state index < -0.39 is 15.8 Å². The standard InChI is InChI=1S/C19H21FN2O4S/c20-15-3-5-18(6-4-15)27(23,24)22-10-7-19(8-11-22)12-17(14-25-19)26-16-2-1-9-21-13-16/h1-6,9,13,17H,7-8,10-12,14H2/t17-/m1/s1. The third-order valence-electron chi connectivity index (χ3n) is 5.20. The van der Waals surface area contributed by atoms with E-state index in [1.165, 1.54) is 28.6 Å². The minimum Gasteiger partial charge on any atom is -0.486 e. The molecule has 2 saturated heterocycles. The molecule has 0 radical (unpaired) electrons. The third-order valence-corrected chi connectivity index (χ3v) is 7.11. The van der Waals surface area contributed by atoms with Gasteiger partial charge >= 0.3 is 0 Å². The third kappa shape index (κ3) is 3.83. The zero-order valence-electron chi connectivity index (χ0n) is 14.8. The molecule has 1 aromatic carbocycles. The Bertz CT molecular complexity index is 882. The molecule has 1 aromatic heterocycles. The van der Waals surface area contributed by atoms with Gasteiger partial charge in [-0.3, -0.25) is 4.98 Å². The first-order valence-corrected chi connectivity index (χ1v) is 10.4. The van der Waals surface area contributed by atoms with Gasteiger partial charge in [0.05, 0.1) is 23.3 Å². The normalized spacial score (nSPS) is 22.8. The van der Waals surface area contributed by atoms with Crippen LogP contribution in [0.25, 0.3) is 0 Å². The van der Waals surface area contributed by atoms with Gasteiger partial charge in [0.15, 0.2) is 0 Å². The van der Waals surface area contributed by atoms with Crippen molar-refractivity contribution in [2.75, 3.05) is 19.7 Å². The molecule has 2 fully saturated rings. The van der Waals surface area contributed by atoms with Crippen LogP contribution in [0.5, 0.6) is 5.75 Å². The second-order valence-corrected chi connectivity index (χ2v) is 8.92. The Balaban J connectivity index is 1.38. The molecular weight excluding hydrogens is 371 g/mol. The molecule has 1 spiro atoms. The van der Waals surface area contributed by atoms with Crippen LogP contribution in [0.1, 0.15) is 19.3 Å². The number of rotatable bonds is 4. The summed E-state index contributed by atoms with van der Waals surface area (Å²) in [6, 6.07) is 8.62. The SMILES string of the molecule is O=S(=O)(c1ccc(F)cc1)N1CCC2(CC1)C[C@@H](Oc1cccnc1)CO2. The van der Waals surface area contributed by atoms with Crippen molar-refractivity contribution in [3.63, 3.8) is 0 Å². The zero-order valence-corrected chi connectivity index (χ0v) is 15.6. The summed E-state index contributed by atoms with van der Waals surface area (Å²) in [7, 11) is -3.62. The van der Waals surface area contributed by atoms with E-state index in [0.717, 1.165) is 6.42 Å². The van der Waals surface area contributed by atoms with Crippen LogP contribution in [0.2, 0.25) is 0 Å². The van der Waals surface area contributed by atoms with Crippen LogP contribution in [0.4, 0.5) is 4.39 Å². The Kier molecular flexibility index (Phi) is 4.88. The molecule has 2 aliphatic rings. The predicted octanol–water partition coefficient (Wildman–Crippen LogP) is 2.61. The van der Waals surface area contributed by atoms with Crippen LogP contribution in [-0.4, -0.2) is 49.1 Å². The van der Waals surface area contributed by atoms with Crippen LogP contribution in [0, 0.1) is 5.82 Å². The molecule has 0 bridgehead atoms. The fourth-order valence-corrected chi connectivity index (χ4v) is 5.17. The monoisotopic (exact) mass is 392 g/mol. The highest BCUT2D eigenvalue weighted by Crippen LogP contribution is 2.38. The number of pyridine rings is 1. The lowest BCUT2D eigenvalue weighted by Gasteiger charge is -2.37. The first kappa shape index (κ1) is 18.3. The van der Waals surface area contributed by atoms with Crippen molar-refractivity contribution in [3.8, 4) is 5.75 Å². The van der Waals surface area contributed by atoms with Crippen LogP contribution in [0.15, 0.2) is 53.7 Å². The molecule has 0 N–H and O–H groups in total. The maximum atomic E-state index is 13.1. The van der Waals surface area contributed by atoms with Crippen molar-refractivity contribution in [1.82, 2.24) is 9.29 Å². The summed E-state index contributed by atoms with van der Waals surface area (Å²) in [5.41, 5.74) is -0.346. The van der Waals surface area contributed by atoms with Crippen LogP contribution in [-0.2, 0) is 14.8 Å². The topological polar surface area (TPSA) is 68.7 Å². The second-order valence-electron chi connectivity index (χ2n) is 6.98. The highest BCUT2D eigenvalue weighted by Gasteiger charge is 2.45. The van der Waals surface area contributed by atoms with Gasteiger partial charge < -0.3 is 9.47 Å². The number of ether oxygens (including phenoxy) is 2. The molecule has 2 aromatic rings. The van der Waals surface area contributed by atoms with Crippen molar-refractivity contribution in [2.45, 2.75) is 35.9 Å². The summed E-state index contributed by atoms with van der Waals surface area (Å²) in [4.78, 5) is 4.16. The molecule has 1 atom stereocenters. The minimum atomic E-state index is -3.62. The summed E-state index contributed by atoms with van der Waals surface area (Å²) in [6.07, 6.45) is 5.25. The van der Waals surface area contributed by atoms with Gasteiger partial charge in [-0.05, 0) is 49.2 Å². The van der Waals surface area contributed by atoms with Crippen molar-refractivity contribution >= 4 is 10.0 Å². The first-order chi connectivity index (χ1) is 13.0. The number of benzene rings is 1. The number of halogens is 1. The molecular formula is C19H21FN2O4S. The lowest BCUT2D eigenvalue weighted by molar-refractivity contribution is -0.0320. The van der Waals surface area contributed by atoms with E-state index in [0.29, 0.717) is 38.3 Å². The number of nitrogens with zero attached hydrogens (tertiary/aromatic N) is 2. The van der Waals surface area contributed by atoms with E-state index >= 15 is 0 Å². The molecule has 0 unspecified atom stereocenters. The van der Waals surface area contributed by atoms with Gasteiger partial charge in [0, 0.05) is 25.7 Å². The van der Waals surface area contributed by atoms with E-state index in [9.17, 15) is 12.8 Å². The van der Waals surface area contributed by atoms with Crippen molar-refractivity contribution in [1.29, 1.82) is 0 Å². The number of hydrogen-bond donors (Lipinski definition) is 0. The molecule has 144 valence electrons. The Morgan fingerprint density at radius 1 is 1.19 bits per heavy atom. The number of sulfonamides is 1. The summed E-state index contributed by atoms with van der Waals surface area (Å²) >= 11 is 0. The van der Waals surface area contributed by atoms with E-state index in [1.807, 2.05) is 12.1 Å². The number of piperidine rings is 1. The van der Waals surface area contributed by atoms with Crippen molar-refractivity contribution < 1.29 is 22.3 Å². The fourth-order valence-electron chi connectivity index (χ4n) is 3.73. The lowest BCUT2D eigenvalue weighted by Crippen LogP contribution is -2.46. The zero-order chi connectivity index (χ0) is 18.9. The van der Waals surface area contributed by atoms with Gasteiger partial charge in [0.2, 0.25) is 10.0 Å². The molecule has 27 heavy (non-hydrogen) atoms. The van der Waals surface area contributed by atoms with E-state index in [1.54, 1.807) is 12.4 Å². The summed E-state index contributed by atoms with van der Waals surface area (Å²) < 4.78 is 51.9. The maximum absolute atomic E-state index is 13.1. The average molecular weight is 392 g/mol. The minimum absolute atomic E-state index is 0.0607.